The van der Waals surface area contributed by atoms with E-state index in [2.05, 4.69) is 10.1 Å². The Balaban J connectivity index is 1.71. The molecule has 3 rings (SSSR count). The van der Waals surface area contributed by atoms with Gasteiger partial charge in [-0.05, 0) is 63.8 Å². The highest BCUT2D eigenvalue weighted by molar-refractivity contribution is 5.74. The Kier molecular flexibility index (Phi) is 8.55. The number of pyridine rings is 1. The molecule has 2 aromatic rings. The molecule has 0 spiro atoms. The SMILES string of the molecule is Cc1ccc(O/C(N)=N/N(N)C/C(=C(/N)c2ccc(OC3CCCCC3)c(C)n2)N(C)N)cc1. The van der Waals surface area contributed by atoms with E-state index in [1.807, 2.05) is 38.1 Å². The first-order chi connectivity index (χ1) is 16.2. The van der Waals surface area contributed by atoms with Crippen LogP contribution in [-0.4, -0.2) is 40.8 Å². The first kappa shape index (κ1) is 25.1. The number of ether oxygens (including phenoxy) is 2. The Bertz CT molecular complexity index is 1010. The van der Waals surface area contributed by atoms with Crippen LogP contribution in [0.3, 0.4) is 0 Å². The summed E-state index contributed by atoms with van der Waals surface area (Å²) in [5.41, 5.74) is 15.6. The molecule has 1 saturated carbocycles. The molecule has 1 fully saturated rings. The number of aromatic nitrogens is 1. The van der Waals surface area contributed by atoms with Crippen LogP contribution in [0.1, 0.15) is 49.1 Å². The number of hydrogen-bond acceptors (Lipinski definition) is 9. The summed E-state index contributed by atoms with van der Waals surface area (Å²) in [5.74, 6) is 13.4. The van der Waals surface area contributed by atoms with E-state index in [1.54, 1.807) is 19.2 Å². The van der Waals surface area contributed by atoms with Gasteiger partial charge in [-0.2, -0.15) is 0 Å². The molecule has 0 radical (unpaired) electrons. The van der Waals surface area contributed by atoms with Crippen molar-refractivity contribution in [2.45, 2.75) is 52.1 Å². The van der Waals surface area contributed by atoms with Crippen LogP contribution in [0.25, 0.3) is 5.70 Å². The van der Waals surface area contributed by atoms with Crippen LogP contribution in [0.15, 0.2) is 47.2 Å². The Morgan fingerprint density at radius 1 is 1.03 bits per heavy atom. The maximum atomic E-state index is 6.42. The lowest BCUT2D eigenvalue weighted by molar-refractivity contribution is 0.153. The summed E-state index contributed by atoms with van der Waals surface area (Å²) in [6, 6.07) is 11.0. The quantitative estimate of drug-likeness (QED) is 0.198. The van der Waals surface area contributed by atoms with Crippen molar-refractivity contribution in [2.75, 3.05) is 13.6 Å². The Labute approximate surface area is 201 Å². The highest BCUT2D eigenvalue weighted by Crippen LogP contribution is 2.26. The number of hydrazine groups is 2. The lowest BCUT2D eigenvalue weighted by atomic mass is 9.98. The van der Waals surface area contributed by atoms with Gasteiger partial charge in [-0.3, -0.25) is 0 Å². The third-order valence-corrected chi connectivity index (χ3v) is 5.68. The van der Waals surface area contributed by atoms with Crippen molar-refractivity contribution in [1.82, 2.24) is 15.1 Å². The summed E-state index contributed by atoms with van der Waals surface area (Å²) in [7, 11) is 1.67. The van der Waals surface area contributed by atoms with E-state index in [0.717, 1.165) is 35.0 Å². The summed E-state index contributed by atoms with van der Waals surface area (Å²) >= 11 is 0. The average Bonchev–Trinajstić information content (AvgIpc) is 2.80. The van der Waals surface area contributed by atoms with Gasteiger partial charge in [0.2, 0.25) is 0 Å². The minimum absolute atomic E-state index is 0.0812. The molecular weight excluding hydrogens is 432 g/mol. The summed E-state index contributed by atoms with van der Waals surface area (Å²) in [6.45, 7) is 3.97. The van der Waals surface area contributed by atoms with Gasteiger partial charge in [0.1, 0.15) is 11.5 Å². The first-order valence-corrected chi connectivity index (χ1v) is 11.5. The largest absolute Gasteiger partial charge is 0.489 e. The van der Waals surface area contributed by atoms with Gasteiger partial charge in [-0.15, -0.1) is 5.10 Å². The molecule has 0 amide bonds. The van der Waals surface area contributed by atoms with Crippen molar-refractivity contribution < 1.29 is 9.47 Å². The molecule has 184 valence electrons. The fraction of sp³-hybridized carbons (Fsp3) is 0.417. The van der Waals surface area contributed by atoms with Gasteiger partial charge in [0.05, 0.1) is 35.4 Å². The van der Waals surface area contributed by atoms with Crippen LogP contribution >= 0.6 is 0 Å². The summed E-state index contributed by atoms with van der Waals surface area (Å²) in [6.07, 6.45) is 6.09. The Morgan fingerprint density at radius 2 is 1.71 bits per heavy atom. The van der Waals surface area contributed by atoms with Crippen molar-refractivity contribution in [2.24, 2.45) is 28.3 Å². The van der Waals surface area contributed by atoms with E-state index in [9.17, 15) is 0 Å². The van der Waals surface area contributed by atoms with Gasteiger partial charge in [0.25, 0.3) is 0 Å². The second-order valence-electron chi connectivity index (χ2n) is 8.58. The number of amidine groups is 1. The number of nitrogens with two attached hydrogens (primary N) is 4. The molecule has 34 heavy (non-hydrogen) atoms. The first-order valence-electron chi connectivity index (χ1n) is 11.5. The zero-order chi connectivity index (χ0) is 24.7. The van der Waals surface area contributed by atoms with E-state index < -0.39 is 0 Å². The van der Waals surface area contributed by atoms with Crippen molar-refractivity contribution in [3.8, 4) is 11.5 Å². The number of rotatable bonds is 8. The van der Waals surface area contributed by atoms with Gasteiger partial charge in [-0.1, -0.05) is 24.1 Å². The molecule has 1 aromatic carbocycles. The maximum absolute atomic E-state index is 6.42. The van der Waals surface area contributed by atoms with Crippen LogP contribution < -0.4 is 32.6 Å². The molecule has 0 atom stereocenters. The Hall–Kier alpha value is -3.50. The van der Waals surface area contributed by atoms with Crippen LogP contribution in [-0.2, 0) is 0 Å². The predicted octanol–water partition coefficient (Wildman–Crippen LogP) is 2.33. The Morgan fingerprint density at radius 3 is 2.32 bits per heavy atom. The van der Waals surface area contributed by atoms with Gasteiger partial charge in [0.15, 0.2) is 0 Å². The molecule has 0 bridgehead atoms. The smallest absolute Gasteiger partial charge is 0.310 e. The average molecular weight is 469 g/mol. The number of hydrazone groups is 1. The van der Waals surface area contributed by atoms with Crippen LogP contribution in [0.2, 0.25) is 0 Å². The molecule has 0 unspecified atom stereocenters. The molecule has 10 heteroatoms. The van der Waals surface area contributed by atoms with Crippen LogP contribution in [0, 0.1) is 13.8 Å². The van der Waals surface area contributed by atoms with E-state index in [4.69, 9.17) is 32.6 Å². The topological polar surface area (TPSA) is 154 Å². The van der Waals surface area contributed by atoms with Gasteiger partial charge in [-0.25, -0.2) is 21.8 Å². The second-order valence-corrected chi connectivity index (χ2v) is 8.58. The van der Waals surface area contributed by atoms with E-state index >= 15 is 0 Å². The number of nitrogens with zero attached hydrogens (tertiary/aromatic N) is 4. The highest BCUT2D eigenvalue weighted by atomic mass is 16.5. The molecule has 1 aromatic heterocycles. The number of likely N-dealkylation sites (N-methyl/N-ethyl adjacent to an activating group) is 1. The number of aryl methyl sites for hydroxylation is 2. The summed E-state index contributed by atoms with van der Waals surface area (Å²) in [4.78, 5) is 4.64. The molecule has 8 N–H and O–H groups in total. The maximum Gasteiger partial charge on any atom is 0.310 e. The van der Waals surface area contributed by atoms with E-state index in [1.165, 1.54) is 24.3 Å². The standard InChI is InChI=1S/C24H36N8O2/c1-16-9-11-19(12-10-16)34-24(26)30-32(28)15-21(31(3)27)23(25)20-13-14-22(17(2)29-20)33-18-7-5-4-6-8-18/h9-14,18H,4-8,15,25,27-28H2,1-3H3,(H2,26,30)/b23-21-. The zero-order valence-corrected chi connectivity index (χ0v) is 20.2. The van der Waals surface area contributed by atoms with Gasteiger partial charge >= 0.3 is 6.02 Å². The predicted molar refractivity (Wildman–Crippen MR) is 134 cm³/mol. The molecule has 0 aliphatic heterocycles. The second kappa shape index (κ2) is 11.6. The minimum atomic E-state index is -0.109. The van der Waals surface area contributed by atoms with Gasteiger partial charge < -0.3 is 25.9 Å². The number of hydrogen-bond donors (Lipinski definition) is 4. The van der Waals surface area contributed by atoms with Gasteiger partial charge in [0, 0.05) is 7.05 Å². The van der Waals surface area contributed by atoms with Crippen LogP contribution in [0.5, 0.6) is 11.5 Å². The van der Waals surface area contributed by atoms with Crippen molar-refractivity contribution >= 4 is 11.7 Å². The fourth-order valence-corrected chi connectivity index (χ4v) is 3.78. The van der Waals surface area contributed by atoms with Crippen molar-refractivity contribution in [1.29, 1.82) is 0 Å². The normalized spacial score (nSPS) is 15.5. The van der Waals surface area contributed by atoms with E-state index in [-0.39, 0.29) is 18.7 Å². The van der Waals surface area contributed by atoms with E-state index in [0.29, 0.717) is 22.8 Å². The molecule has 10 nitrogen and oxygen atoms in total. The number of benzene rings is 1. The van der Waals surface area contributed by atoms with Crippen molar-refractivity contribution in [3.63, 3.8) is 0 Å². The fourth-order valence-electron chi connectivity index (χ4n) is 3.78. The lowest BCUT2D eigenvalue weighted by Crippen LogP contribution is -2.39. The van der Waals surface area contributed by atoms with Crippen molar-refractivity contribution in [3.05, 3.63) is 59.0 Å². The highest BCUT2D eigenvalue weighted by Gasteiger charge is 2.18. The summed E-state index contributed by atoms with van der Waals surface area (Å²) < 4.78 is 11.7. The molecule has 1 aliphatic rings. The molecule has 1 aliphatic carbocycles. The molecular formula is C24H36N8O2. The third-order valence-electron chi connectivity index (χ3n) is 5.68. The monoisotopic (exact) mass is 468 g/mol. The minimum Gasteiger partial charge on any atom is -0.489 e. The zero-order valence-electron chi connectivity index (χ0n) is 20.2. The molecule has 0 saturated heterocycles. The summed E-state index contributed by atoms with van der Waals surface area (Å²) in [5, 5.41) is 6.55. The third kappa shape index (κ3) is 7.00. The van der Waals surface area contributed by atoms with Crippen LogP contribution in [0.4, 0.5) is 0 Å². The lowest BCUT2D eigenvalue weighted by Gasteiger charge is -2.24. The molecule has 1 heterocycles.